The summed E-state index contributed by atoms with van der Waals surface area (Å²) in [5.74, 6) is -0.479. The van der Waals surface area contributed by atoms with Gasteiger partial charge in [0, 0.05) is 44.0 Å². The van der Waals surface area contributed by atoms with Gasteiger partial charge in [-0.3, -0.25) is 9.69 Å². The number of phenols is 1. The number of hydrogen-bond acceptors (Lipinski definition) is 4. The Morgan fingerprint density at radius 3 is 2.31 bits per heavy atom. The van der Waals surface area contributed by atoms with Crippen molar-refractivity contribution < 1.29 is 23.1 Å². The molecule has 8 heteroatoms. The number of nitrogens with one attached hydrogen (secondary N) is 1. The van der Waals surface area contributed by atoms with Crippen molar-refractivity contribution in [2.45, 2.75) is 19.6 Å². The number of carbonyl (C=O) groups excluding carboxylic acids is 1. The highest BCUT2D eigenvalue weighted by Gasteiger charge is 2.28. The number of phenolic OH excluding ortho intramolecular Hbond substituents is 1. The van der Waals surface area contributed by atoms with Crippen LogP contribution in [0.4, 0.5) is 18.9 Å². The summed E-state index contributed by atoms with van der Waals surface area (Å²) >= 11 is 0. The Bertz CT molecular complexity index is 1170. The molecule has 1 amide bonds. The van der Waals surface area contributed by atoms with Gasteiger partial charge in [0.05, 0.1) is 0 Å². The third-order valence-electron chi connectivity index (χ3n) is 6.17. The largest absolute Gasteiger partial charge is 0.508 e. The third kappa shape index (κ3) is 6.54. The van der Waals surface area contributed by atoms with Crippen LogP contribution < -0.4 is 10.2 Å². The van der Waals surface area contributed by atoms with Crippen molar-refractivity contribution >= 4 is 11.6 Å². The fourth-order valence-electron chi connectivity index (χ4n) is 4.35. The molecule has 184 valence electrons. The maximum atomic E-state index is 12.3. The van der Waals surface area contributed by atoms with E-state index in [1.54, 1.807) is 36.4 Å². The van der Waals surface area contributed by atoms with Gasteiger partial charge in [-0.15, -0.1) is 0 Å². The SMILES string of the molecule is Cc1cc(CN2CCN(c3ccc(C(=O)NCC(F)(F)F)cc3)CC2)ccc1-c1cccc(O)c1. The van der Waals surface area contributed by atoms with Crippen LogP contribution in [-0.2, 0) is 6.54 Å². The molecule has 1 saturated heterocycles. The number of anilines is 1. The minimum absolute atomic E-state index is 0.209. The lowest BCUT2D eigenvalue weighted by Crippen LogP contribution is -2.46. The normalized spacial score (nSPS) is 14.7. The predicted octanol–water partition coefficient (Wildman–Crippen LogP) is 4.98. The van der Waals surface area contributed by atoms with Crippen molar-refractivity contribution in [3.05, 3.63) is 83.4 Å². The Hall–Kier alpha value is -3.52. The topological polar surface area (TPSA) is 55.8 Å². The monoisotopic (exact) mass is 483 g/mol. The number of rotatable bonds is 6. The Morgan fingerprint density at radius 2 is 1.69 bits per heavy atom. The molecule has 0 radical (unpaired) electrons. The molecule has 0 aliphatic carbocycles. The Morgan fingerprint density at radius 1 is 0.971 bits per heavy atom. The molecule has 2 N–H and O–H groups in total. The average Bonchev–Trinajstić information content (AvgIpc) is 2.83. The predicted molar refractivity (Wildman–Crippen MR) is 131 cm³/mol. The summed E-state index contributed by atoms with van der Waals surface area (Å²) in [6, 6.07) is 20.4. The van der Waals surface area contributed by atoms with Crippen molar-refractivity contribution in [3.63, 3.8) is 0 Å². The van der Waals surface area contributed by atoms with Crippen LogP contribution in [0.15, 0.2) is 66.7 Å². The molecule has 1 aliphatic heterocycles. The van der Waals surface area contributed by atoms with Crippen LogP contribution in [0, 0.1) is 6.92 Å². The lowest BCUT2D eigenvalue weighted by atomic mass is 9.98. The first-order valence-electron chi connectivity index (χ1n) is 11.5. The molecule has 1 fully saturated rings. The van der Waals surface area contributed by atoms with Gasteiger partial charge in [-0.05, 0) is 65.6 Å². The number of halogens is 3. The average molecular weight is 484 g/mol. The number of benzene rings is 3. The molecule has 4 rings (SSSR count). The lowest BCUT2D eigenvalue weighted by Gasteiger charge is -2.36. The van der Waals surface area contributed by atoms with Crippen molar-refractivity contribution in [3.8, 4) is 16.9 Å². The van der Waals surface area contributed by atoms with E-state index in [1.165, 1.54) is 5.56 Å². The summed E-state index contributed by atoms with van der Waals surface area (Å²) in [6.45, 7) is 4.97. The van der Waals surface area contributed by atoms with E-state index in [9.17, 15) is 23.1 Å². The maximum Gasteiger partial charge on any atom is 0.405 e. The first-order valence-corrected chi connectivity index (χ1v) is 11.5. The minimum atomic E-state index is -4.43. The summed E-state index contributed by atoms with van der Waals surface area (Å²) in [5, 5.41) is 11.7. The first-order chi connectivity index (χ1) is 16.7. The number of amides is 1. The third-order valence-corrected chi connectivity index (χ3v) is 6.17. The number of aryl methyl sites for hydroxylation is 1. The van der Waals surface area contributed by atoms with Gasteiger partial charge in [0.1, 0.15) is 12.3 Å². The van der Waals surface area contributed by atoms with Gasteiger partial charge in [0.2, 0.25) is 0 Å². The summed E-state index contributed by atoms with van der Waals surface area (Å²) in [4.78, 5) is 16.5. The fraction of sp³-hybridized carbons (Fsp3) is 0.296. The first kappa shape index (κ1) is 24.6. The Balaban J connectivity index is 1.30. The highest BCUT2D eigenvalue weighted by Crippen LogP contribution is 2.27. The molecule has 1 heterocycles. The molecule has 0 spiro atoms. The van der Waals surface area contributed by atoms with E-state index in [4.69, 9.17) is 0 Å². The summed E-state index contributed by atoms with van der Waals surface area (Å²) in [5.41, 5.74) is 5.64. The number of alkyl halides is 3. The quantitative estimate of drug-likeness (QED) is 0.519. The summed E-state index contributed by atoms with van der Waals surface area (Å²) in [7, 11) is 0. The van der Waals surface area contributed by atoms with E-state index in [0.717, 1.165) is 55.1 Å². The number of hydrogen-bond donors (Lipinski definition) is 2. The van der Waals surface area contributed by atoms with Crippen molar-refractivity contribution in [1.82, 2.24) is 10.2 Å². The second kappa shape index (κ2) is 10.4. The highest BCUT2D eigenvalue weighted by molar-refractivity contribution is 5.94. The molecule has 0 unspecified atom stereocenters. The zero-order valence-electron chi connectivity index (χ0n) is 19.5. The van der Waals surface area contributed by atoms with Crippen LogP contribution in [0.5, 0.6) is 5.75 Å². The van der Waals surface area contributed by atoms with Crippen LogP contribution in [-0.4, -0.2) is 54.8 Å². The van der Waals surface area contributed by atoms with Crippen LogP contribution in [0.25, 0.3) is 11.1 Å². The molecule has 3 aromatic rings. The Kier molecular flexibility index (Phi) is 7.31. The van der Waals surface area contributed by atoms with Gasteiger partial charge in [0.15, 0.2) is 0 Å². The zero-order chi connectivity index (χ0) is 25.0. The van der Waals surface area contributed by atoms with Gasteiger partial charge in [-0.25, -0.2) is 0 Å². The minimum Gasteiger partial charge on any atom is -0.508 e. The van der Waals surface area contributed by atoms with E-state index < -0.39 is 18.6 Å². The molecule has 0 saturated carbocycles. The molecular weight excluding hydrogens is 455 g/mol. The Labute approximate surface area is 202 Å². The van der Waals surface area contributed by atoms with Gasteiger partial charge in [-0.1, -0.05) is 30.3 Å². The van der Waals surface area contributed by atoms with Gasteiger partial charge < -0.3 is 15.3 Å². The second-order valence-corrected chi connectivity index (χ2v) is 8.81. The molecule has 5 nitrogen and oxygen atoms in total. The molecule has 0 bridgehead atoms. The smallest absolute Gasteiger partial charge is 0.405 e. The summed E-state index contributed by atoms with van der Waals surface area (Å²) in [6.07, 6.45) is -4.43. The van der Waals surface area contributed by atoms with Gasteiger partial charge in [0.25, 0.3) is 5.91 Å². The number of carbonyl (C=O) groups is 1. The van der Waals surface area contributed by atoms with Crippen LogP contribution >= 0.6 is 0 Å². The van der Waals surface area contributed by atoms with Crippen molar-refractivity contribution in [1.29, 1.82) is 0 Å². The molecule has 35 heavy (non-hydrogen) atoms. The van der Waals surface area contributed by atoms with E-state index in [0.29, 0.717) is 0 Å². The van der Waals surface area contributed by atoms with E-state index in [-0.39, 0.29) is 11.3 Å². The van der Waals surface area contributed by atoms with E-state index in [2.05, 4.69) is 34.9 Å². The van der Waals surface area contributed by atoms with Gasteiger partial charge >= 0.3 is 6.18 Å². The maximum absolute atomic E-state index is 12.3. The molecular formula is C27H28F3N3O2. The molecule has 0 aromatic heterocycles. The summed E-state index contributed by atoms with van der Waals surface area (Å²) < 4.78 is 36.9. The standard InChI is InChI=1S/C27H28F3N3O2/c1-19-15-20(5-10-25(19)22-3-2-4-24(34)16-22)17-32-11-13-33(14-12-32)23-8-6-21(7-9-23)26(35)31-18-27(28,29)30/h2-10,15-16,34H,11-14,17-18H2,1H3,(H,31,35). The fourth-order valence-corrected chi connectivity index (χ4v) is 4.35. The number of nitrogens with zero attached hydrogens (tertiary/aromatic N) is 2. The van der Waals surface area contributed by atoms with Crippen LogP contribution in [0.1, 0.15) is 21.5 Å². The van der Waals surface area contributed by atoms with Crippen molar-refractivity contribution in [2.75, 3.05) is 37.6 Å². The second-order valence-electron chi connectivity index (χ2n) is 8.81. The zero-order valence-corrected chi connectivity index (χ0v) is 19.5. The molecule has 1 aliphatic rings. The van der Waals surface area contributed by atoms with Crippen LogP contribution in [0.2, 0.25) is 0 Å². The highest BCUT2D eigenvalue weighted by atomic mass is 19.4. The van der Waals surface area contributed by atoms with Gasteiger partial charge in [-0.2, -0.15) is 13.2 Å². The number of piperazine rings is 1. The van der Waals surface area contributed by atoms with Crippen LogP contribution in [0.3, 0.4) is 0 Å². The number of aromatic hydroxyl groups is 1. The van der Waals surface area contributed by atoms with E-state index in [1.807, 2.05) is 17.4 Å². The van der Waals surface area contributed by atoms with E-state index >= 15 is 0 Å². The molecule has 3 aromatic carbocycles. The molecule has 0 atom stereocenters. The van der Waals surface area contributed by atoms with Crippen molar-refractivity contribution in [2.24, 2.45) is 0 Å². The lowest BCUT2D eigenvalue weighted by molar-refractivity contribution is -0.123.